The first-order chi connectivity index (χ1) is 6.97. The van der Waals surface area contributed by atoms with E-state index >= 15 is 0 Å². The maximum Gasteiger partial charge on any atom is 0.0587 e. The Bertz CT molecular complexity index is 189. The van der Waals surface area contributed by atoms with Crippen molar-refractivity contribution in [3.63, 3.8) is 0 Å². The van der Waals surface area contributed by atoms with Crippen molar-refractivity contribution in [1.29, 1.82) is 0 Å². The fourth-order valence-electron chi connectivity index (χ4n) is 2.52. The molecule has 0 aliphatic heterocycles. The van der Waals surface area contributed by atoms with Crippen molar-refractivity contribution in [2.45, 2.75) is 65.5 Å². The molecule has 0 aromatic heterocycles. The number of hydrogen-bond donors (Lipinski definition) is 2. The third-order valence-electron chi connectivity index (χ3n) is 3.92. The van der Waals surface area contributed by atoms with Crippen molar-refractivity contribution in [2.24, 2.45) is 11.3 Å². The summed E-state index contributed by atoms with van der Waals surface area (Å²) < 4.78 is 0. The van der Waals surface area contributed by atoms with E-state index in [0.717, 1.165) is 0 Å². The van der Waals surface area contributed by atoms with Gasteiger partial charge in [0.25, 0.3) is 0 Å². The van der Waals surface area contributed by atoms with E-state index in [2.05, 4.69) is 33.0 Å². The van der Waals surface area contributed by atoms with Crippen LogP contribution in [-0.4, -0.2) is 23.8 Å². The Balaban J connectivity index is 2.54. The molecule has 1 saturated carbocycles. The van der Waals surface area contributed by atoms with Crippen LogP contribution in [0, 0.1) is 11.3 Å². The van der Waals surface area contributed by atoms with E-state index in [4.69, 9.17) is 0 Å². The molecule has 0 bridgehead atoms. The van der Waals surface area contributed by atoms with Crippen LogP contribution in [0.4, 0.5) is 0 Å². The molecule has 0 amide bonds. The van der Waals surface area contributed by atoms with Crippen molar-refractivity contribution in [3.05, 3.63) is 0 Å². The first-order valence-corrected chi connectivity index (χ1v) is 6.34. The van der Waals surface area contributed by atoms with Gasteiger partial charge in [0.15, 0.2) is 0 Å². The van der Waals surface area contributed by atoms with E-state index in [1.807, 2.05) is 0 Å². The second kappa shape index (κ2) is 5.31. The van der Waals surface area contributed by atoms with Gasteiger partial charge in [-0.1, -0.05) is 40.5 Å². The summed E-state index contributed by atoms with van der Waals surface area (Å²) in [7, 11) is 0. The second-order valence-electron chi connectivity index (χ2n) is 5.99. The standard InChI is InChI=1S/C13H27NO/c1-10(2)11(9-15)14-12-7-5-6-8-13(12,3)4/h10-12,14-15H,5-9H2,1-4H3. The molecule has 2 atom stereocenters. The average Bonchev–Trinajstić information content (AvgIpc) is 2.15. The van der Waals surface area contributed by atoms with Crippen molar-refractivity contribution in [2.75, 3.05) is 6.61 Å². The van der Waals surface area contributed by atoms with Gasteiger partial charge in [-0.3, -0.25) is 0 Å². The molecule has 90 valence electrons. The monoisotopic (exact) mass is 213 g/mol. The van der Waals surface area contributed by atoms with Crippen molar-refractivity contribution in [1.82, 2.24) is 5.32 Å². The van der Waals surface area contributed by atoms with Gasteiger partial charge in [-0.25, -0.2) is 0 Å². The Hall–Kier alpha value is -0.0800. The minimum absolute atomic E-state index is 0.254. The Morgan fingerprint density at radius 1 is 1.33 bits per heavy atom. The maximum atomic E-state index is 9.33. The highest BCUT2D eigenvalue weighted by molar-refractivity contribution is 4.90. The Morgan fingerprint density at radius 3 is 2.47 bits per heavy atom. The van der Waals surface area contributed by atoms with Crippen molar-refractivity contribution >= 4 is 0 Å². The smallest absolute Gasteiger partial charge is 0.0587 e. The van der Waals surface area contributed by atoms with Crippen molar-refractivity contribution < 1.29 is 5.11 Å². The van der Waals surface area contributed by atoms with Gasteiger partial charge in [-0.05, 0) is 24.2 Å². The zero-order valence-electron chi connectivity index (χ0n) is 10.7. The average molecular weight is 213 g/mol. The predicted octanol–water partition coefficient (Wildman–Crippen LogP) is 2.56. The molecule has 2 unspecified atom stereocenters. The maximum absolute atomic E-state index is 9.33. The molecule has 2 N–H and O–H groups in total. The van der Waals surface area contributed by atoms with Gasteiger partial charge in [0.2, 0.25) is 0 Å². The minimum atomic E-state index is 0.254. The van der Waals surface area contributed by atoms with Crippen LogP contribution >= 0.6 is 0 Å². The van der Waals surface area contributed by atoms with Gasteiger partial charge in [-0.15, -0.1) is 0 Å². The van der Waals surface area contributed by atoms with Crippen LogP contribution in [0.2, 0.25) is 0 Å². The summed E-state index contributed by atoms with van der Waals surface area (Å²) in [5, 5.41) is 13.0. The van der Waals surface area contributed by atoms with E-state index in [9.17, 15) is 5.11 Å². The Morgan fingerprint density at radius 2 is 2.00 bits per heavy atom. The van der Waals surface area contributed by atoms with Gasteiger partial charge in [0.1, 0.15) is 0 Å². The minimum Gasteiger partial charge on any atom is -0.395 e. The van der Waals surface area contributed by atoms with Crippen LogP contribution in [0.1, 0.15) is 53.4 Å². The van der Waals surface area contributed by atoms with Crippen molar-refractivity contribution in [3.8, 4) is 0 Å². The molecule has 0 aromatic carbocycles. The second-order valence-corrected chi connectivity index (χ2v) is 5.99. The molecular weight excluding hydrogens is 186 g/mol. The molecule has 0 radical (unpaired) electrons. The molecular formula is C13H27NO. The van der Waals surface area contributed by atoms with Gasteiger partial charge in [-0.2, -0.15) is 0 Å². The fourth-order valence-corrected chi connectivity index (χ4v) is 2.52. The summed E-state index contributed by atoms with van der Waals surface area (Å²) in [6, 6.07) is 0.832. The number of aliphatic hydroxyl groups is 1. The van der Waals surface area contributed by atoms with Gasteiger partial charge in [0, 0.05) is 12.1 Å². The number of rotatable bonds is 4. The fraction of sp³-hybridized carbons (Fsp3) is 1.00. The SMILES string of the molecule is CC(C)C(CO)NC1CCCCC1(C)C. The van der Waals surface area contributed by atoms with Crippen LogP contribution in [0.5, 0.6) is 0 Å². The molecule has 1 aliphatic rings. The molecule has 1 fully saturated rings. The highest BCUT2D eigenvalue weighted by atomic mass is 16.3. The molecule has 15 heavy (non-hydrogen) atoms. The Kier molecular flexibility index (Phi) is 4.60. The van der Waals surface area contributed by atoms with E-state index in [1.54, 1.807) is 0 Å². The molecule has 0 heterocycles. The lowest BCUT2D eigenvalue weighted by molar-refractivity contribution is 0.120. The number of hydrogen-bond acceptors (Lipinski definition) is 2. The lowest BCUT2D eigenvalue weighted by Gasteiger charge is -2.41. The number of aliphatic hydroxyl groups excluding tert-OH is 1. The third kappa shape index (κ3) is 3.46. The molecule has 1 rings (SSSR count). The molecule has 0 saturated heterocycles. The van der Waals surface area contributed by atoms with E-state index in [0.29, 0.717) is 17.4 Å². The van der Waals surface area contributed by atoms with Gasteiger partial charge in [0.05, 0.1) is 6.61 Å². The van der Waals surface area contributed by atoms with Crippen LogP contribution in [0.25, 0.3) is 0 Å². The topological polar surface area (TPSA) is 32.3 Å². The zero-order chi connectivity index (χ0) is 11.5. The first-order valence-electron chi connectivity index (χ1n) is 6.34. The third-order valence-corrected chi connectivity index (χ3v) is 3.92. The Labute approximate surface area is 94.5 Å². The highest BCUT2D eigenvalue weighted by Gasteiger charge is 2.33. The van der Waals surface area contributed by atoms with Gasteiger partial charge < -0.3 is 10.4 Å². The largest absolute Gasteiger partial charge is 0.395 e. The molecule has 1 aliphatic carbocycles. The van der Waals surface area contributed by atoms with E-state index < -0.39 is 0 Å². The lowest BCUT2D eigenvalue weighted by atomic mass is 9.73. The molecule has 2 heteroatoms. The summed E-state index contributed by atoms with van der Waals surface area (Å²) in [5.74, 6) is 0.507. The summed E-state index contributed by atoms with van der Waals surface area (Å²) in [5.41, 5.74) is 0.389. The van der Waals surface area contributed by atoms with E-state index in [1.165, 1.54) is 25.7 Å². The summed E-state index contributed by atoms with van der Waals surface area (Å²) in [6.07, 6.45) is 5.26. The molecule has 0 spiro atoms. The van der Waals surface area contributed by atoms with Crippen LogP contribution in [0.3, 0.4) is 0 Å². The summed E-state index contributed by atoms with van der Waals surface area (Å²) in [6.45, 7) is 9.29. The molecule has 0 aromatic rings. The summed E-state index contributed by atoms with van der Waals surface area (Å²) >= 11 is 0. The van der Waals surface area contributed by atoms with E-state index in [-0.39, 0.29) is 12.6 Å². The first kappa shape index (κ1) is 13.0. The highest BCUT2D eigenvalue weighted by Crippen LogP contribution is 2.35. The van der Waals surface area contributed by atoms with Crippen LogP contribution in [0.15, 0.2) is 0 Å². The van der Waals surface area contributed by atoms with Crippen LogP contribution in [-0.2, 0) is 0 Å². The van der Waals surface area contributed by atoms with Gasteiger partial charge >= 0.3 is 0 Å². The number of nitrogens with one attached hydrogen (secondary N) is 1. The van der Waals surface area contributed by atoms with Crippen LogP contribution < -0.4 is 5.32 Å². The quantitative estimate of drug-likeness (QED) is 0.752. The lowest BCUT2D eigenvalue weighted by Crippen LogP contribution is -2.51. The predicted molar refractivity (Wildman–Crippen MR) is 64.9 cm³/mol. The molecule has 2 nitrogen and oxygen atoms in total. The zero-order valence-corrected chi connectivity index (χ0v) is 10.7. The normalized spacial score (nSPS) is 28.0. The summed E-state index contributed by atoms with van der Waals surface area (Å²) in [4.78, 5) is 0.